The monoisotopic (exact) mass is 357 g/mol. The number of nitrogens with zero attached hydrogens (tertiary/aromatic N) is 5. The van der Waals surface area contributed by atoms with Crippen molar-refractivity contribution in [2.75, 3.05) is 0 Å². The van der Waals surface area contributed by atoms with Crippen LogP contribution in [-0.2, 0) is 7.05 Å². The Morgan fingerprint density at radius 3 is 2.42 bits per heavy atom. The third-order valence-electron chi connectivity index (χ3n) is 4.12. The predicted octanol–water partition coefficient (Wildman–Crippen LogP) is 4.41. The molecule has 0 fully saturated rings. The lowest BCUT2D eigenvalue weighted by atomic mass is 10.1. The molecule has 0 radical (unpaired) electrons. The number of rotatable bonds is 2. The lowest BCUT2D eigenvalue weighted by molar-refractivity contribution is 0.740. The number of halogens is 2. The van der Waals surface area contributed by atoms with Gasteiger partial charge < -0.3 is 0 Å². The van der Waals surface area contributed by atoms with Crippen molar-refractivity contribution in [3.8, 4) is 22.4 Å². The molecule has 4 heterocycles. The van der Waals surface area contributed by atoms with Gasteiger partial charge in [-0.15, -0.1) is 0 Å². The fourth-order valence-electron chi connectivity index (χ4n) is 2.76. The average molecular weight is 358 g/mol. The molecule has 0 saturated carbocycles. The number of aryl methyl sites for hydroxylation is 1. The molecule has 4 aromatic heterocycles. The van der Waals surface area contributed by atoms with Gasteiger partial charge in [-0.1, -0.05) is 23.2 Å². The predicted molar refractivity (Wildman–Crippen MR) is 95.4 cm³/mol. The van der Waals surface area contributed by atoms with Gasteiger partial charge in [-0.3, -0.25) is 9.08 Å². The first-order valence-electron chi connectivity index (χ1n) is 7.32. The molecule has 120 valence electrons. The number of fused-ring (bicyclic) bond motifs is 1. The zero-order chi connectivity index (χ0) is 16.8. The molecule has 0 atom stereocenters. The molecule has 0 bridgehead atoms. The van der Waals surface area contributed by atoms with Crippen LogP contribution in [0.4, 0.5) is 0 Å². The molecule has 4 rings (SSSR count). The van der Waals surface area contributed by atoms with Crippen LogP contribution in [-0.4, -0.2) is 24.1 Å². The van der Waals surface area contributed by atoms with E-state index in [1.807, 2.05) is 47.6 Å². The minimum absolute atomic E-state index is 0.357. The summed E-state index contributed by atoms with van der Waals surface area (Å²) in [5.74, 6) is 0. The fraction of sp³-hybridized carbons (Fsp3) is 0.118. The first-order valence-corrected chi connectivity index (χ1v) is 8.08. The quantitative estimate of drug-likeness (QED) is 0.499. The molecule has 0 aliphatic rings. The second-order valence-electron chi connectivity index (χ2n) is 5.56. The Kier molecular flexibility index (Phi) is 3.55. The SMILES string of the molecule is Cc1c(-c2ccn3c(-c4cc(Cl)nc(Cl)c4)cnc3c2)cnn1C. The molecule has 5 nitrogen and oxygen atoms in total. The number of hydrogen-bond donors (Lipinski definition) is 0. The number of hydrogen-bond acceptors (Lipinski definition) is 3. The molecule has 0 saturated heterocycles. The first kappa shape index (κ1) is 15.2. The minimum atomic E-state index is 0.357. The highest BCUT2D eigenvalue weighted by Gasteiger charge is 2.11. The van der Waals surface area contributed by atoms with Crippen LogP contribution < -0.4 is 0 Å². The van der Waals surface area contributed by atoms with Crippen LogP contribution in [0.1, 0.15) is 5.69 Å². The van der Waals surface area contributed by atoms with Crippen molar-refractivity contribution < 1.29 is 0 Å². The van der Waals surface area contributed by atoms with E-state index in [2.05, 4.69) is 15.1 Å². The van der Waals surface area contributed by atoms with Crippen LogP contribution in [0.5, 0.6) is 0 Å². The second kappa shape index (κ2) is 5.61. The van der Waals surface area contributed by atoms with Gasteiger partial charge in [0.15, 0.2) is 0 Å². The second-order valence-corrected chi connectivity index (χ2v) is 6.33. The van der Waals surface area contributed by atoms with Gasteiger partial charge in [0.1, 0.15) is 16.0 Å². The Balaban J connectivity index is 1.85. The van der Waals surface area contributed by atoms with E-state index in [1.165, 1.54) is 0 Å². The highest BCUT2D eigenvalue weighted by atomic mass is 35.5. The third-order valence-corrected chi connectivity index (χ3v) is 4.51. The summed E-state index contributed by atoms with van der Waals surface area (Å²) in [5.41, 5.74) is 5.91. The van der Waals surface area contributed by atoms with Crippen molar-refractivity contribution in [2.24, 2.45) is 7.05 Å². The summed E-state index contributed by atoms with van der Waals surface area (Å²) in [4.78, 5) is 8.49. The molecule has 0 aromatic carbocycles. The summed E-state index contributed by atoms with van der Waals surface area (Å²) in [7, 11) is 1.93. The van der Waals surface area contributed by atoms with E-state index in [0.29, 0.717) is 10.3 Å². The average Bonchev–Trinajstić information content (AvgIpc) is 3.10. The maximum Gasteiger partial charge on any atom is 0.137 e. The van der Waals surface area contributed by atoms with Crippen LogP contribution in [0, 0.1) is 6.92 Å². The van der Waals surface area contributed by atoms with E-state index in [0.717, 1.165) is 33.7 Å². The topological polar surface area (TPSA) is 48.0 Å². The molecular weight excluding hydrogens is 345 g/mol. The van der Waals surface area contributed by atoms with Crippen molar-refractivity contribution in [2.45, 2.75) is 6.92 Å². The van der Waals surface area contributed by atoms with E-state index in [4.69, 9.17) is 23.2 Å². The summed E-state index contributed by atoms with van der Waals surface area (Å²) in [6.45, 7) is 2.05. The molecule has 0 spiro atoms. The van der Waals surface area contributed by atoms with E-state index in [9.17, 15) is 0 Å². The maximum atomic E-state index is 6.01. The highest BCUT2D eigenvalue weighted by Crippen LogP contribution is 2.28. The molecular formula is C17H13Cl2N5. The van der Waals surface area contributed by atoms with Crippen LogP contribution >= 0.6 is 23.2 Å². The summed E-state index contributed by atoms with van der Waals surface area (Å²) >= 11 is 12.0. The van der Waals surface area contributed by atoms with Crippen molar-refractivity contribution in [1.29, 1.82) is 0 Å². The minimum Gasteiger partial charge on any atom is -0.300 e. The molecule has 0 aliphatic heterocycles. The highest BCUT2D eigenvalue weighted by molar-refractivity contribution is 6.32. The molecule has 24 heavy (non-hydrogen) atoms. The van der Waals surface area contributed by atoms with Crippen molar-refractivity contribution >= 4 is 28.8 Å². The Hall–Kier alpha value is -2.37. The van der Waals surface area contributed by atoms with Crippen LogP contribution in [0.15, 0.2) is 42.9 Å². The number of imidazole rings is 1. The van der Waals surface area contributed by atoms with Gasteiger partial charge in [0.2, 0.25) is 0 Å². The number of pyridine rings is 2. The van der Waals surface area contributed by atoms with Gasteiger partial charge in [-0.2, -0.15) is 5.10 Å². The zero-order valence-electron chi connectivity index (χ0n) is 13.0. The summed E-state index contributed by atoms with van der Waals surface area (Å²) in [6.07, 6.45) is 5.66. The number of aromatic nitrogens is 5. The van der Waals surface area contributed by atoms with Gasteiger partial charge >= 0.3 is 0 Å². The lowest BCUT2D eigenvalue weighted by Crippen LogP contribution is -1.93. The van der Waals surface area contributed by atoms with Gasteiger partial charge in [0, 0.05) is 30.1 Å². The lowest BCUT2D eigenvalue weighted by Gasteiger charge is -2.05. The van der Waals surface area contributed by atoms with Crippen molar-refractivity contribution in [1.82, 2.24) is 24.1 Å². The van der Waals surface area contributed by atoms with Gasteiger partial charge in [0.25, 0.3) is 0 Å². The van der Waals surface area contributed by atoms with Crippen LogP contribution in [0.25, 0.3) is 28.0 Å². The summed E-state index contributed by atoms with van der Waals surface area (Å²) in [5, 5.41) is 5.01. The summed E-state index contributed by atoms with van der Waals surface area (Å²) in [6, 6.07) is 7.64. The zero-order valence-corrected chi connectivity index (χ0v) is 14.5. The van der Waals surface area contributed by atoms with E-state index < -0.39 is 0 Å². The molecule has 0 N–H and O–H groups in total. The maximum absolute atomic E-state index is 6.01. The van der Waals surface area contributed by atoms with Gasteiger partial charge in [-0.05, 0) is 36.8 Å². The smallest absolute Gasteiger partial charge is 0.137 e. The normalized spacial score (nSPS) is 11.3. The van der Waals surface area contributed by atoms with E-state index in [1.54, 1.807) is 18.3 Å². The van der Waals surface area contributed by atoms with E-state index in [-0.39, 0.29) is 0 Å². The van der Waals surface area contributed by atoms with Gasteiger partial charge in [0.05, 0.1) is 18.1 Å². The van der Waals surface area contributed by atoms with Crippen molar-refractivity contribution in [3.05, 3.63) is 58.9 Å². The van der Waals surface area contributed by atoms with Crippen LogP contribution in [0.3, 0.4) is 0 Å². The molecule has 0 unspecified atom stereocenters. The standard InChI is InChI=1S/C17H13Cl2N5/c1-10-13(8-21-23(10)2)11-3-4-24-14(9-20-17(24)7-11)12-5-15(18)22-16(19)6-12/h3-9H,1-2H3. The Labute approximate surface area is 148 Å². The van der Waals surface area contributed by atoms with Gasteiger partial charge in [-0.25, -0.2) is 9.97 Å². The van der Waals surface area contributed by atoms with Crippen LogP contribution in [0.2, 0.25) is 10.3 Å². The first-order chi connectivity index (χ1) is 11.5. The molecule has 0 aliphatic carbocycles. The Morgan fingerprint density at radius 1 is 1.00 bits per heavy atom. The largest absolute Gasteiger partial charge is 0.300 e. The Morgan fingerprint density at radius 2 is 1.75 bits per heavy atom. The Bertz CT molecular complexity index is 1040. The fourth-order valence-corrected chi connectivity index (χ4v) is 3.22. The molecule has 0 amide bonds. The van der Waals surface area contributed by atoms with E-state index >= 15 is 0 Å². The summed E-state index contributed by atoms with van der Waals surface area (Å²) < 4.78 is 3.86. The third kappa shape index (κ3) is 2.46. The molecule has 4 aromatic rings. The molecule has 7 heteroatoms. The van der Waals surface area contributed by atoms with Crippen molar-refractivity contribution in [3.63, 3.8) is 0 Å².